The Bertz CT molecular complexity index is 920. The van der Waals surface area contributed by atoms with Crippen molar-refractivity contribution in [1.82, 2.24) is 4.90 Å². The van der Waals surface area contributed by atoms with E-state index >= 15 is 0 Å². The Hall–Kier alpha value is -2.81. The Morgan fingerprint density at radius 2 is 2.07 bits per heavy atom. The molecule has 1 aromatic carbocycles. The molecule has 2 saturated heterocycles. The van der Waals surface area contributed by atoms with Crippen LogP contribution >= 0.6 is 0 Å². The van der Waals surface area contributed by atoms with E-state index in [9.17, 15) is 23.6 Å². The van der Waals surface area contributed by atoms with Gasteiger partial charge in [-0.1, -0.05) is 13.3 Å². The van der Waals surface area contributed by atoms with Gasteiger partial charge in [-0.2, -0.15) is 0 Å². The molecule has 0 aromatic heterocycles. The van der Waals surface area contributed by atoms with E-state index in [1.165, 1.54) is 23.1 Å². The van der Waals surface area contributed by atoms with Gasteiger partial charge in [0.1, 0.15) is 23.7 Å². The largest absolute Gasteiger partial charge is 0.370 e. The van der Waals surface area contributed by atoms with E-state index in [0.717, 1.165) is 6.42 Å². The fraction of sp³-hybridized carbons (Fsp3) is 0.500. The number of hydrogen-bond donors (Lipinski definition) is 3. The number of halogens is 1. The van der Waals surface area contributed by atoms with Gasteiger partial charge < -0.3 is 16.4 Å². The normalized spacial score (nSPS) is 30.1. The molecule has 4 amide bonds. The van der Waals surface area contributed by atoms with Gasteiger partial charge in [-0.15, -0.1) is 0 Å². The second kappa shape index (κ2) is 6.91. The molecule has 3 aliphatic heterocycles. The summed E-state index contributed by atoms with van der Waals surface area (Å²) in [6.45, 7) is 2.25. The summed E-state index contributed by atoms with van der Waals surface area (Å²) in [7, 11) is 0. The predicted molar refractivity (Wildman–Crippen MR) is 99.5 cm³/mol. The van der Waals surface area contributed by atoms with Crippen LogP contribution in [0.2, 0.25) is 0 Å². The van der Waals surface area contributed by atoms with Crippen LogP contribution < -0.4 is 16.4 Å². The molecule has 8 nitrogen and oxygen atoms in total. The smallest absolute Gasteiger partial charge is 0.291 e. The van der Waals surface area contributed by atoms with Crippen molar-refractivity contribution >= 4 is 29.3 Å². The van der Waals surface area contributed by atoms with Crippen LogP contribution in [-0.2, 0) is 24.7 Å². The number of benzene rings is 1. The highest BCUT2D eigenvalue weighted by Crippen LogP contribution is 2.49. The van der Waals surface area contributed by atoms with Gasteiger partial charge in [0.15, 0.2) is 0 Å². The first kappa shape index (κ1) is 19.5. The molecule has 2 fully saturated rings. The Morgan fingerprint density at radius 1 is 1.31 bits per heavy atom. The van der Waals surface area contributed by atoms with E-state index in [-0.39, 0.29) is 25.3 Å². The number of unbranched alkanes of at least 4 members (excludes halogenated alkanes) is 1. The Morgan fingerprint density at radius 3 is 2.76 bits per heavy atom. The van der Waals surface area contributed by atoms with Crippen molar-refractivity contribution in [3.8, 4) is 0 Å². The zero-order valence-electron chi connectivity index (χ0n) is 16.1. The van der Waals surface area contributed by atoms with Crippen molar-refractivity contribution in [2.24, 2.45) is 17.6 Å². The maximum absolute atomic E-state index is 14.1. The number of nitrogens with zero attached hydrogens (tertiary/aromatic N) is 1. The Kier molecular flexibility index (Phi) is 4.65. The van der Waals surface area contributed by atoms with E-state index in [1.54, 1.807) is 5.32 Å². The van der Waals surface area contributed by atoms with Gasteiger partial charge in [0, 0.05) is 24.9 Å². The Labute approximate surface area is 167 Å². The molecule has 4 atom stereocenters. The molecule has 0 aliphatic carbocycles. The van der Waals surface area contributed by atoms with Gasteiger partial charge in [0.25, 0.3) is 5.91 Å². The molecular formula is C20H24FN4O4+. The summed E-state index contributed by atoms with van der Waals surface area (Å²) < 4.78 is 14.1. The monoisotopic (exact) mass is 403 g/mol. The minimum absolute atomic E-state index is 0.0362. The molecule has 0 radical (unpaired) electrons. The number of rotatable bonds is 6. The summed E-state index contributed by atoms with van der Waals surface area (Å²) in [5.41, 5.74) is 4.68. The summed E-state index contributed by atoms with van der Waals surface area (Å²) in [5.74, 6) is -3.89. The number of anilines is 1. The van der Waals surface area contributed by atoms with Crippen molar-refractivity contribution < 1.29 is 28.9 Å². The van der Waals surface area contributed by atoms with E-state index in [2.05, 4.69) is 5.32 Å². The zero-order chi connectivity index (χ0) is 20.9. The third-order valence-corrected chi connectivity index (χ3v) is 6.38. The molecule has 0 saturated carbocycles. The topological polar surface area (TPSA) is 126 Å². The highest BCUT2D eigenvalue weighted by molar-refractivity contribution is 6.13. The van der Waals surface area contributed by atoms with Crippen LogP contribution in [0.25, 0.3) is 0 Å². The van der Waals surface area contributed by atoms with Gasteiger partial charge in [-0.25, -0.2) is 4.39 Å². The fourth-order valence-corrected chi connectivity index (χ4v) is 5.10. The number of carbonyl (C=O) groups excluding carboxylic acids is 4. The average molecular weight is 403 g/mol. The third-order valence-electron chi connectivity index (χ3n) is 6.38. The number of fused-ring (bicyclic) bond motifs is 4. The number of hydrogen-bond acceptors (Lipinski definition) is 4. The van der Waals surface area contributed by atoms with Gasteiger partial charge in [-0.05, 0) is 24.6 Å². The van der Waals surface area contributed by atoms with Crippen LogP contribution in [0.1, 0.15) is 38.2 Å². The van der Waals surface area contributed by atoms with E-state index in [4.69, 9.17) is 5.73 Å². The summed E-state index contributed by atoms with van der Waals surface area (Å²) in [4.78, 5) is 52.2. The molecule has 5 N–H and O–H groups in total. The van der Waals surface area contributed by atoms with Gasteiger partial charge in [-0.3, -0.25) is 24.1 Å². The molecule has 4 rings (SSSR count). The number of primary amides is 1. The summed E-state index contributed by atoms with van der Waals surface area (Å²) in [6, 6.07) is 3.48. The molecular weight excluding hydrogens is 379 g/mol. The first-order valence-corrected chi connectivity index (χ1v) is 9.92. The van der Waals surface area contributed by atoms with Crippen LogP contribution in [0.15, 0.2) is 18.2 Å². The van der Waals surface area contributed by atoms with E-state index in [0.29, 0.717) is 17.7 Å². The number of amides is 4. The lowest BCUT2D eigenvalue weighted by atomic mass is 9.76. The standard InChI is InChI=1S/C20H23FN4O4/c1-2-3-8-25-17(27)15-13(6-7-14(22)26)24-20(16(15)18(25)28)11-9-10(21)4-5-12(11)23-19(20)29/h4-5,9,13,15-16,24H,2-3,6-8H2,1H3,(H2,22,26)(H,23,29)/p+1/t13-,15-,16+,20+/m1/s1. The second-order valence-electron chi connectivity index (χ2n) is 8.03. The predicted octanol–water partition coefficient (Wildman–Crippen LogP) is -0.414. The maximum atomic E-state index is 14.1. The van der Waals surface area contributed by atoms with Gasteiger partial charge >= 0.3 is 0 Å². The van der Waals surface area contributed by atoms with Gasteiger partial charge in [0.2, 0.25) is 23.3 Å². The number of quaternary nitrogens is 1. The lowest BCUT2D eigenvalue weighted by Gasteiger charge is -2.26. The lowest BCUT2D eigenvalue weighted by molar-refractivity contribution is -0.734. The van der Waals surface area contributed by atoms with Crippen molar-refractivity contribution in [2.75, 3.05) is 11.9 Å². The van der Waals surface area contributed by atoms with Crippen LogP contribution in [0.4, 0.5) is 10.1 Å². The number of likely N-dealkylation sites (tertiary alicyclic amines) is 1. The van der Waals surface area contributed by atoms with Crippen LogP contribution in [-0.4, -0.2) is 41.1 Å². The molecule has 1 spiro atoms. The number of nitrogens with one attached hydrogen (secondary N) is 1. The average Bonchev–Trinajstić information content (AvgIpc) is 3.24. The molecule has 154 valence electrons. The van der Waals surface area contributed by atoms with Crippen LogP contribution in [0.5, 0.6) is 0 Å². The van der Waals surface area contributed by atoms with Crippen molar-refractivity contribution in [3.05, 3.63) is 29.6 Å². The molecule has 1 aromatic rings. The van der Waals surface area contributed by atoms with Crippen molar-refractivity contribution in [1.29, 1.82) is 0 Å². The SMILES string of the molecule is CCCCN1C(=O)[C@H]2[C@@H](C1=O)[C@]1([NH2+][C@@H]2CCC(N)=O)C(=O)Nc2ccc(F)cc21. The van der Waals surface area contributed by atoms with Crippen LogP contribution in [0.3, 0.4) is 0 Å². The van der Waals surface area contributed by atoms with Crippen molar-refractivity contribution in [3.63, 3.8) is 0 Å². The molecule has 0 bridgehead atoms. The lowest BCUT2D eigenvalue weighted by Crippen LogP contribution is -2.99. The summed E-state index contributed by atoms with van der Waals surface area (Å²) in [6.07, 6.45) is 1.77. The minimum Gasteiger partial charge on any atom is -0.370 e. The second-order valence-corrected chi connectivity index (χ2v) is 8.03. The molecule has 3 heterocycles. The van der Waals surface area contributed by atoms with Crippen LogP contribution in [0, 0.1) is 17.7 Å². The fourth-order valence-electron chi connectivity index (χ4n) is 5.10. The Balaban J connectivity index is 1.81. The van der Waals surface area contributed by atoms with E-state index < -0.39 is 47.0 Å². The van der Waals surface area contributed by atoms with Gasteiger partial charge in [0.05, 0.1) is 5.69 Å². The molecule has 0 unspecified atom stereocenters. The van der Waals surface area contributed by atoms with Crippen molar-refractivity contribution in [2.45, 2.75) is 44.2 Å². The molecule has 9 heteroatoms. The highest BCUT2D eigenvalue weighted by atomic mass is 19.1. The number of imide groups is 1. The first-order chi connectivity index (χ1) is 13.8. The first-order valence-electron chi connectivity index (χ1n) is 9.92. The molecule has 29 heavy (non-hydrogen) atoms. The summed E-state index contributed by atoms with van der Waals surface area (Å²) in [5, 5.41) is 4.42. The zero-order valence-corrected chi connectivity index (χ0v) is 16.1. The summed E-state index contributed by atoms with van der Waals surface area (Å²) >= 11 is 0. The van der Waals surface area contributed by atoms with E-state index in [1.807, 2.05) is 6.92 Å². The minimum atomic E-state index is -1.42. The third kappa shape index (κ3) is 2.75. The number of nitrogens with two attached hydrogens (primary N) is 2. The molecule has 3 aliphatic rings. The maximum Gasteiger partial charge on any atom is 0.291 e. The highest BCUT2D eigenvalue weighted by Gasteiger charge is 2.74. The quantitative estimate of drug-likeness (QED) is 0.558. The number of carbonyl (C=O) groups is 4.